The third-order valence-corrected chi connectivity index (χ3v) is 2.49. The first-order valence-corrected chi connectivity index (χ1v) is 5.57. The monoisotopic (exact) mass is 215 g/mol. The molecule has 1 rings (SSSR count). The molecule has 0 aliphatic carbocycles. The molecule has 1 aliphatic heterocycles. The fourth-order valence-electron chi connectivity index (χ4n) is 1.62. The molecule has 1 saturated heterocycles. The van der Waals surface area contributed by atoms with Crippen molar-refractivity contribution in [2.24, 2.45) is 0 Å². The Morgan fingerprint density at radius 2 is 2.20 bits per heavy atom. The van der Waals surface area contributed by atoms with Crippen LogP contribution >= 0.6 is 0 Å². The number of urea groups is 1. The number of carbonyl (C=O) groups excluding carboxylic acids is 1. The van der Waals surface area contributed by atoms with Crippen LogP contribution in [-0.4, -0.2) is 45.4 Å². The Morgan fingerprint density at radius 1 is 1.47 bits per heavy atom. The Hall–Kier alpha value is -0.810. The maximum atomic E-state index is 11.4. The van der Waals surface area contributed by atoms with E-state index in [1.165, 1.54) is 0 Å². The number of carbonyl (C=O) groups is 1. The van der Waals surface area contributed by atoms with Crippen LogP contribution in [0.15, 0.2) is 0 Å². The van der Waals surface area contributed by atoms with Crippen molar-refractivity contribution in [2.75, 3.05) is 33.4 Å². The van der Waals surface area contributed by atoms with Crippen LogP contribution < -0.4 is 16.0 Å². The van der Waals surface area contributed by atoms with Gasteiger partial charge >= 0.3 is 6.03 Å². The molecule has 5 nitrogen and oxygen atoms in total. The van der Waals surface area contributed by atoms with Gasteiger partial charge in [-0.3, -0.25) is 0 Å². The van der Waals surface area contributed by atoms with Crippen molar-refractivity contribution in [3.05, 3.63) is 0 Å². The second-order valence-electron chi connectivity index (χ2n) is 3.77. The zero-order valence-electron chi connectivity index (χ0n) is 9.34. The zero-order chi connectivity index (χ0) is 10.9. The highest BCUT2D eigenvalue weighted by Gasteiger charge is 2.14. The molecule has 0 spiro atoms. The van der Waals surface area contributed by atoms with Crippen LogP contribution in [0.5, 0.6) is 0 Å². The molecule has 2 amide bonds. The van der Waals surface area contributed by atoms with Crippen molar-refractivity contribution < 1.29 is 9.53 Å². The summed E-state index contributed by atoms with van der Waals surface area (Å²) in [5, 5.41) is 9.04. The fraction of sp³-hybridized carbons (Fsp3) is 0.900. The zero-order valence-corrected chi connectivity index (χ0v) is 9.34. The summed E-state index contributed by atoms with van der Waals surface area (Å²) in [5.41, 5.74) is 0. The van der Waals surface area contributed by atoms with Crippen molar-refractivity contribution >= 4 is 6.03 Å². The van der Waals surface area contributed by atoms with E-state index in [0.717, 1.165) is 32.4 Å². The fourth-order valence-corrected chi connectivity index (χ4v) is 1.62. The number of rotatable bonds is 5. The van der Waals surface area contributed by atoms with Crippen molar-refractivity contribution in [3.63, 3.8) is 0 Å². The molecule has 0 unspecified atom stereocenters. The van der Waals surface area contributed by atoms with E-state index in [9.17, 15) is 4.79 Å². The predicted octanol–water partition coefficient (Wildman–Crippen LogP) is 0.0741. The van der Waals surface area contributed by atoms with Gasteiger partial charge in [0.15, 0.2) is 0 Å². The van der Waals surface area contributed by atoms with E-state index in [1.807, 2.05) is 0 Å². The van der Waals surface area contributed by atoms with Gasteiger partial charge in [-0.05, 0) is 32.4 Å². The lowest BCUT2D eigenvalue weighted by Crippen LogP contribution is -2.47. The highest BCUT2D eigenvalue weighted by Crippen LogP contribution is 2.00. The molecule has 1 aliphatic rings. The lowest BCUT2D eigenvalue weighted by molar-refractivity contribution is 0.193. The Bertz CT molecular complexity index is 182. The second kappa shape index (κ2) is 7.48. The molecule has 3 N–H and O–H groups in total. The smallest absolute Gasteiger partial charge is 0.315 e. The summed E-state index contributed by atoms with van der Waals surface area (Å²) in [6.45, 7) is 3.35. The van der Waals surface area contributed by atoms with Crippen LogP contribution in [0.1, 0.15) is 19.3 Å². The molecule has 5 heteroatoms. The normalized spacial score (nSPS) is 17.4. The molecule has 0 radical (unpaired) electrons. The molecular formula is C10H21N3O2. The van der Waals surface area contributed by atoms with Crippen LogP contribution in [-0.2, 0) is 4.74 Å². The number of hydrogen-bond donors (Lipinski definition) is 3. The molecular weight excluding hydrogens is 194 g/mol. The first-order valence-electron chi connectivity index (χ1n) is 5.57. The molecule has 0 aromatic heterocycles. The van der Waals surface area contributed by atoms with Crippen molar-refractivity contribution in [3.8, 4) is 0 Å². The van der Waals surface area contributed by atoms with Gasteiger partial charge in [-0.25, -0.2) is 4.79 Å². The van der Waals surface area contributed by atoms with E-state index >= 15 is 0 Å². The lowest BCUT2D eigenvalue weighted by atomic mass is 10.1. The van der Waals surface area contributed by atoms with Gasteiger partial charge < -0.3 is 20.7 Å². The van der Waals surface area contributed by atoms with E-state index in [0.29, 0.717) is 19.2 Å². The van der Waals surface area contributed by atoms with Crippen molar-refractivity contribution in [1.29, 1.82) is 0 Å². The van der Waals surface area contributed by atoms with Gasteiger partial charge in [-0.15, -0.1) is 0 Å². The van der Waals surface area contributed by atoms with E-state index in [-0.39, 0.29) is 6.03 Å². The molecule has 1 heterocycles. The van der Waals surface area contributed by atoms with Crippen molar-refractivity contribution in [2.45, 2.75) is 25.3 Å². The summed E-state index contributed by atoms with van der Waals surface area (Å²) in [4.78, 5) is 11.4. The summed E-state index contributed by atoms with van der Waals surface area (Å²) in [7, 11) is 1.66. The van der Waals surface area contributed by atoms with E-state index < -0.39 is 0 Å². The molecule has 0 atom stereocenters. The van der Waals surface area contributed by atoms with Crippen molar-refractivity contribution in [1.82, 2.24) is 16.0 Å². The maximum absolute atomic E-state index is 11.4. The average Bonchev–Trinajstić information content (AvgIpc) is 2.26. The summed E-state index contributed by atoms with van der Waals surface area (Å²) in [5.74, 6) is 0. The van der Waals surface area contributed by atoms with E-state index in [4.69, 9.17) is 4.74 Å². The van der Waals surface area contributed by atoms with Gasteiger partial charge in [0, 0.05) is 26.3 Å². The molecule has 0 aromatic rings. The van der Waals surface area contributed by atoms with Crippen LogP contribution in [0, 0.1) is 0 Å². The Morgan fingerprint density at radius 3 is 2.87 bits per heavy atom. The maximum Gasteiger partial charge on any atom is 0.315 e. The van der Waals surface area contributed by atoms with Gasteiger partial charge in [0.05, 0.1) is 0 Å². The number of hydrogen-bond acceptors (Lipinski definition) is 3. The highest BCUT2D eigenvalue weighted by atomic mass is 16.5. The number of piperidine rings is 1. The number of methoxy groups -OCH3 is 1. The molecule has 0 aromatic carbocycles. The van der Waals surface area contributed by atoms with Gasteiger partial charge in [0.1, 0.15) is 0 Å². The third-order valence-electron chi connectivity index (χ3n) is 2.49. The Kier molecular flexibility index (Phi) is 6.11. The second-order valence-corrected chi connectivity index (χ2v) is 3.77. The van der Waals surface area contributed by atoms with Crippen LogP contribution in [0.3, 0.4) is 0 Å². The number of amides is 2. The number of nitrogens with one attached hydrogen (secondary N) is 3. The highest BCUT2D eigenvalue weighted by molar-refractivity contribution is 5.74. The van der Waals surface area contributed by atoms with Crippen LogP contribution in [0.4, 0.5) is 4.79 Å². The third kappa shape index (κ3) is 5.59. The van der Waals surface area contributed by atoms with Gasteiger partial charge in [0.25, 0.3) is 0 Å². The molecule has 1 fully saturated rings. The summed E-state index contributed by atoms with van der Waals surface area (Å²) in [6.07, 6.45) is 2.90. The quantitative estimate of drug-likeness (QED) is 0.569. The van der Waals surface area contributed by atoms with Gasteiger partial charge in [0.2, 0.25) is 0 Å². The lowest BCUT2D eigenvalue weighted by Gasteiger charge is -2.23. The topological polar surface area (TPSA) is 62.4 Å². The van der Waals surface area contributed by atoms with Gasteiger partial charge in [-0.1, -0.05) is 0 Å². The first kappa shape index (κ1) is 12.3. The standard InChI is InChI=1S/C10H21N3O2/c1-15-8-2-5-12-10(14)13-9-3-6-11-7-4-9/h9,11H,2-8H2,1H3,(H2,12,13,14). The predicted molar refractivity (Wildman–Crippen MR) is 58.9 cm³/mol. The summed E-state index contributed by atoms with van der Waals surface area (Å²) in [6, 6.07) is 0.270. The van der Waals surface area contributed by atoms with Crippen LogP contribution in [0.25, 0.3) is 0 Å². The average molecular weight is 215 g/mol. The molecule has 15 heavy (non-hydrogen) atoms. The molecule has 88 valence electrons. The van der Waals surface area contributed by atoms with Gasteiger partial charge in [-0.2, -0.15) is 0 Å². The first-order chi connectivity index (χ1) is 7.33. The largest absolute Gasteiger partial charge is 0.385 e. The van der Waals surface area contributed by atoms with E-state index in [1.54, 1.807) is 7.11 Å². The SMILES string of the molecule is COCCCNC(=O)NC1CCNCC1. The van der Waals surface area contributed by atoms with Crippen LogP contribution in [0.2, 0.25) is 0 Å². The summed E-state index contributed by atoms with van der Waals surface area (Å²) < 4.78 is 4.89. The minimum absolute atomic E-state index is 0.0574. The molecule has 0 saturated carbocycles. The minimum atomic E-state index is -0.0574. The minimum Gasteiger partial charge on any atom is -0.385 e. The Balaban J connectivity index is 2.01. The Labute approximate surface area is 90.9 Å². The molecule has 0 bridgehead atoms. The number of ether oxygens (including phenoxy) is 1. The summed E-state index contributed by atoms with van der Waals surface area (Å²) >= 11 is 0. The van der Waals surface area contributed by atoms with E-state index in [2.05, 4.69) is 16.0 Å².